The molecule has 88 valence electrons. The minimum absolute atomic E-state index is 0.153. The van der Waals surface area contributed by atoms with Crippen LogP contribution in [0.25, 0.3) is 0 Å². The van der Waals surface area contributed by atoms with Crippen LogP contribution in [0.1, 0.15) is 40.5 Å². The summed E-state index contributed by atoms with van der Waals surface area (Å²) in [6.07, 6.45) is 2.27. The molecule has 0 amide bonds. The van der Waals surface area contributed by atoms with Crippen LogP contribution in [0, 0.1) is 0 Å². The summed E-state index contributed by atoms with van der Waals surface area (Å²) in [5.74, 6) is 0.390. The van der Waals surface area contributed by atoms with Gasteiger partial charge in [-0.05, 0) is 46.1 Å². The number of hydrogen-bond acceptors (Lipinski definition) is 2. The number of allylic oxidation sites excluding steroid dienone is 1. The Bertz CT molecular complexity index is 236. The monoisotopic (exact) mass is 232 g/mol. The summed E-state index contributed by atoms with van der Waals surface area (Å²) >= 11 is 5.81. The number of hydrogen-bond donors (Lipinski definition) is 0. The molecule has 2 nitrogen and oxygen atoms in total. The molecular formula is C12H21ClO2. The number of rotatable bonds is 5. The van der Waals surface area contributed by atoms with E-state index < -0.39 is 0 Å². The summed E-state index contributed by atoms with van der Waals surface area (Å²) in [4.78, 5) is 0. The molecule has 1 aliphatic rings. The first-order chi connectivity index (χ1) is 7.04. The van der Waals surface area contributed by atoms with Crippen LogP contribution in [0.2, 0.25) is 0 Å². The van der Waals surface area contributed by atoms with Crippen molar-refractivity contribution in [2.24, 2.45) is 0 Å². The molecule has 0 saturated heterocycles. The molecular weight excluding hydrogens is 212 g/mol. The molecule has 1 aliphatic carbocycles. The third kappa shape index (κ3) is 3.78. The Morgan fingerprint density at radius 3 is 2.47 bits per heavy atom. The normalized spacial score (nSPS) is 24.0. The Balaban J connectivity index is 2.46. The number of halogens is 1. The van der Waals surface area contributed by atoms with Gasteiger partial charge in [0, 0.05) is 0 Å². The Kier molecular flexibility index (Phi) is 5.10. The quantitative estimate of drug-likeness (QED) is 0.411. The van der Waals surface area contributed by atoms with Crippen LogP contribution < -0.4 is 0 Å². The summed E-state index contributed by atoms with van der Waals surface area (Å²) < 4.78 is 11.4. The van der Waals surface area contributed by atoms with E-state index >= 15 is 0 Å². The molecule has 1 rings (SSSR count). The highest BCUT2D eigenvalue weighted by atomic mass is 35.5. The maximum absolute atomic E-state index is 5.84. The van der Waals surface area contributed by atoms with Crippen LogP contribution in [0.5, 0.6) is 0 Å². The van der Waals surface area contributed by atoms with E-state index in [0.29, 0.717) is 5.88 Å². The van der Waals surface area contributed by atoms with E-state index in [1.54, 1.807) is 0 Å². The van der Waals surface area contributed by atoms with Gasteiger partial charge in [0.1, 0.15) is 0 Å². The van der Waals surface area contributed by atoms with Crippen LogP contribution in [0.15, 0.2) is 11.1 Å². The van der Waals surface area contributed by atoms with E-state index in [1.807, 2.05) is 13.8 Å². The predicted octanol–water partition coefficient (Wildman–Crippen LogP) is 3.49. The average Bonchev–Trinajstić information content (AvgIpc) is 2.48. The SMILES string of the molecule is CC1=C(C)C(OC(CCl)OC(C)C)CC1. The molecule has 2 unspecified atom stereocenters. The maximum Gasteiger partial charge on any atom is 0.172 e. The summed E-state index contributed by atoms with van der Waals surface area (Å²) in [7, 11) is 0. The predicted molar refractivity (Wildman–Crippen MR) is 63.2 cm³/mol. The summed E-state index contributed by atoms with van der Waals surface area (Å²) in [5.41, 5.74) is 2.79. The summed E-state index contributed by atoms with van der Waals surface area (Å²) in [5, 5.41) is 0. The fourth-order valence-electron chi connectivity index (χ4n) is 1.80. The second kappa shape index (κ2) is 5.88. The Morgan fingerprint density at radius 2 is 2.07 bits per heavy atom. The lowest BCUT2D eigenvalue weighted by atomic mass is 10.2. The first-order valence-corrected chi connectivity index (χ1v) is 6.11. The zero-order valence-electron chi connectivity index (χ0n) is 10.0. The average molecular weight is 233 g/mol. The highest BCUT2D eigenvalue weighted by Crippen LogP contribution is 2.29. The fourth-order valence-corrected chi connectivity index (χ4v) is 1.94. The van der Waals surface area contributed by atoms with Gasteiger partial charge in [-0.1, -0.05) is 5.57 Å². The highest BCUT2D eigenvalue weighted by molar-refractivity contribution is 6.18. The summed E-state index contributed by atoms with van der Waals surface area (Å²) in [6.45, 7) is 8.28. The van der Waals surface area contributed by atoms with Crippen molar-refractivity contribution >= 4 is 11.6 Å². The van der Waals surface area contributed by atoms with Crippen molar-refractivity contribution in [1.82, 2.24) is 0 Å². The molecule has 0 aromatic rings. The molecule has 0 aromatic carbocycles. The van der Waals surface area contributed by atoms with Crippen molar-refractivity contribution in [3.8, 4) is 0 Å². The molecule has 0 bridgehead atoms. The van der Waals surface area contributed by atoms with Gasteiger partial charge in [-0.3, -0.25) is 0 Å². The molecule has 0 radical (unpaired) electrons. The zero-order valence-corrected chi connectivity index (χ0v) is 10.8. The van der Waals surface area contributed by atoms with Gasteiger partial charge in [-0.2, -0.15) is 0 Å². The Labute approximate surface area is 97.6 Å². The van der Waals surface area contributed by atoms with Gasteiger partial charge in [0.15, 0.2) is 6.29 Å². The van der Waals surface area contributed by atoms with Gasteiger partial charge in [-0.25, -0.2) is 0 Å². The van der Waals surface area contributed by atoms with Crippen LogP contribution >= 0.6 is 11.6 Å². The lowest BCUT2D eigenvalue weighted by molar-refractivity contribution is -0.167. The minimum Gasteiger partial charge on any atom is -0.349 e. The van der Waals surface area contributed by atoms with Gasteiger partial charge in [0.05, 0.1) is 18.1 Å². The van der Waals surface area contributed by atoms with Crippen molar-refractivity contribution in [2.75, 3.05) is 5.88 Å². The number of ether oxygens (including phenoxy) is 2. The fraction of sp³-hybridized carbons (Fsp3) is 0.833. The van der Waals surface area contributed by atoms with Crippen LogP contribution in [-0.2, 0) is 9.47 Å². The second-order valence-electron chi connectivity index (χ2n) is 4.40. The van der Waals surface area contributed by atoms with Gasteiger partial charge in [0.25, 0.3) is 0 Å². The van der Waals surface area contributed by atoms with Crippen molar-refractivity contribution in [1.29, 1.82) is 0 Å². The van der Waals surface area contributed by atoms with Gasteiger partial charge in [0.2, 0.25) is 0 Å². The van der Waals surface area contributed by atoms with E-state index in [4.69, 9.17) is 21.1 Å². The third-order valence-corrected chi connectivity index (χ3v) is 3.06. The molecule has 0 aliphatic heterocycles. The minimum atomic E-state index is -0.280. The van der Waals surface area contributed by atoms with Gasteiger partial charge >= 0.3 is 0 Å². The second-order valence-corrected chi connectivity index (χ2v) is 4.70. The van der Waals surface area contributed by atoms with E-state index in [0.717, 1.165) is 12.8 Å². The Morgan fingerprint density at radius 1 is 1.40 bits per heavy atom. The van der Waals surface area contributed by atoms with Crippen molar-refractivity contribution in [2.45, 2.75) is 59.0 Å². The topological polar surface area (TPSA) is 18.5 Å². The maximum atomic E-state index is 5.84. The molecule has 0 aromatic heterocycles. The Hall–Kier alpha value is -0.0500. The van der Waals surface area contributed by atoms with E-state index in [2.05, 4.69) is 13.8 Å². The third-order valence-electron chi connectivity index (χ3n) is 2.80. The highest BCUT2D eigenvalue weighted by Gasteiger charge is 2.24. The largest absolute Gasteiger partial charge is 0.349 e. The van der Waals surface area contributed by atoms with Crippen molar-refractivity contribution < 1.29 is 9.47 Å². The zero-order chi connectivity index (χ0) is 11.4. The van der Waals surface area contributed by atoms with Crippen LogP contribution in [0.3, 0.4) is 0 Å². The first-order valence-electron chi connectivity index (χ1n) is 5.57. The van der Waals surface area contributed by atoms with Crippen LogP contribution in [-0.4, -0.2) is 24.4 Å². The van der Waals surface area contributed by atoms with Crippen molar-refractivity contribution in [3.05, 3.63) is 11.1 Å². The molecule has 0 N–H and O–H groups in total. The number of alkyl halides is 1. The summed E-state index contributed by atoms with van der Waals surface area (Å²) in [6, 6.07) is 0. The molecule has 3 heteroatoms. The first kappa shape index (κ1) is 13.0. The standard InChI is InChI=1S/C12H21ClO2/c1-8(2)14-12(7-13)15-11-6-5-9(3)10(11)4/h8,11-12H,5-7H2,1-4H3. The van der Waals surface area contributed by atoms with E-state index in [1.165, 1.54) is 11.1 Å². The van der Waals surface area contributed by atoms with Gasteiger partial charge < -0.3 is 9.47 Å². The molecule has 2 atom stereocenters. The lowest BCUT2D eigenvalue weighted by Gasteiger charge is -2.23. The molecule has 0 saturated carbocycles. The molecule has 0 spiro atoms. The van der Waals surface area contributed by atoms with Crippen LogP contribution in [0.4, 0.5) is 0 Å². The van der Waals surface area contributed by atoms with Gasteiger partial charge in [-0.15, -0.1) is 11.6 Å². The smallest absolute Gasteiger partial charge is 0.172 e. The molecule has 0 fully saturated rings. The van der Waals surface area contributed by atoms with Crippen molar-refractivity contribution in [3.63, 3.8) is 0 Å². The van der Waals surface area contributed by atoms with E-state index in [9.17, 15) is 0 Å². The molecule has 15 heavy (non-hydrogen) atoms. The molecule has 0 heterocycles. The lowest BCUT2D eigenvalue weighted by Crippen LogP contribution is -2.28. The van der Waals surface area contributed by atoms with E-state index in [-0.39, 0.29) is 18.5 Å².